The molecular weight excluding hydrogens is 302 g/mol. The lowest BCUT2D eigenvalue weighted by Crippen LogP contribution is -2.33. The molecule has 2 aromatic carbocycles. The molecule has 0 amide bonds. The molecule has 0 bridgehead atoms. The summed E-state index contributed by atoms with van der Waals surface area (Å²) in [5.74, 6) is 1.61. The second kappa shape index (κ2) is 7.51. The van der Waals surface area contributed by atoms with E-state index < -0.39 is 0 Å². The summed E-state index contributed by atoms with van der Waals surface area (Å²) in [5.41, 5.74) is 4.67. The summed E-state index contributed by atoms with van der Waals surface area (Å²) < 4.78 is 0. The Kier molecular flexibility index (Phi) is 5.40. The van der Waals surface area contributed by atoms with Crippen LogP contribution in [-0.4, -0.2) is 12.6 Å². The molecule has 0 aromatic heterocycles. The highest BCUT2D eigenvalue weighted by atomic mass is 35.5. The van der Waals surface area contributed by atoms with Gasteiger partial charge >= 0.3 is 0 Å². The average Bonchev–Trinajstić information content (AvgIpc) is 2.79. The molecule has 2 aliphatic rings. The van der Waals surface area contributed by atoms with Gasteiger partial charge in [-0.05, 0) is 60.6 Å². The Balaban J connectivity index is 0.00000156. The molecule has 2 heteroatoms. The highest BCUT2D eigenvalue weighted by Gasteiger charge is 2.32. The van der Waals surface area contributed by atoms with Crippen molar-refractivity contribution in [2.45, 2.75) is 44.1 Å². The van der Waals surface area contributed by atoms with E-state index >= 15 is 0 Å². The minimum Gasteiger partial charge on any atom is -0.313 e. The summed E-state index contributed by atoms with van der Waals surface area (Å²) in [4.78, 5) is 0. The van der Waals surface area contributed by atoms with Gasteiger partial charge in [-0.3, -0.25) is 0 Å². The van der Waals surface area contributed by atoms with E-state index in [2.05, 4.69) is 59.9 Å². The Hall–Kier alpha value is -1.31. The molecule has 3 atom stereocenters. The van der Waals surface area contributed by atoms with Crippen LogP contribution < -0.4 is 5.32 Å². The van der Waals surface area contributed by atoms with Crippen LogP contribution in [0.25, 0.3) is 0 Å². The minimum absolute atomic E-state index is 0. The van der Waals surface area contributed by atoms with Crippen LogP contribution in [0.5, 0.6) is 0 Å². The van der Waals surface area contributed by atoms with Gasteiger partial charge in [0.25, 0.3) is 0 Å². The zero-order valence-corrected chi connectivity index (χ0v) is 14.4. The topological polar surface area (TPSA) is 12.0 Å². The highest BCUT2D eigenvalue weighted by molar-refractivity contribution is 5.85. The van der Waals surface area contributed by atoms with Crippen molar-refractivity contribution in [3.05, 3.63) is 71.3 Å². The molecule has 2 aromatic rings. The summed E-state index contributed by atoms with van der Waals surface area (Å²) in [6.07, 6.45) is 6.52. The Morgan fingerprint density at radius 2 is 1.65 bits per heavy atom. The lowest BCUT2D eigenvalue weighted by atomic mass is 9.74. The molecule has 4 rings (SSSR count). The van der Waals surface area contributed by atoms with E-state index in [0.29, 0.717) is 6.04 Å². The van der Waals surface area contributed by atoms with Gasteiger partial charge in [-0.1, -0.05) is 54.6 Å². The van der Waals surface area contributed by atoms with Crippen LogP contribution in [0.4, 0.5) is 0 Å². The van der Waals surface area contributed by atoms with E-state index in [4.69, 9.17) is 0 Å². The van der Waals surface area contributed by atoms with Crippen molar-refractivity contribution in [2.75, 3.05) is 6.54 Å². The summed E-state index contributed by atoms with van der Waals surface area (Å²) >= 11 is 0. The Morgan fingerprint density at radius 3 is 2.52 bits per heavy atom. The molecule has 1 heterocycles. The van der Waals surface area contributed by atoms with Crippen LogP contribution in [0.2, 0.25) is 0 Å². The van der Waals surface area contributed by atoms with Crippen molar-refractivity contribution in [3.63, 3.8) is 0 Å². The molecule has 1 aliphatic heterocycles. The standard InChI is InChI=1S/C21H25N.ClH/c1-2-6-16(7-3-1)14-19-13-12-18-11-10-17-8-4-5-9-20(17)21(18)15-22-19;/h1-9,18-19,21-22H,10-15H2;1H. The van der Waals surface area contributed by atoms with Crippen LogP contribution in [0, 0.1) is 5.92 Å². The molecule has 1 N–H and O–H groups in total. The number of aryl methyl sites for hydroxylation is 1. The van der Waals surface area contributed by atoms with Gasteiger partial charge in [0.1, 0.15) is 0 Å². The second-order valence-electron chi connectivity index (χ2n) is 6.98. The Bertz CT molecular complexity index is 625. The maximum absolute atomic E-state index is 3.87. The third-order valence-corrected chi connectivity index (χ3v) is 5.65. The first kappa shape index (κ1) is 16.5. The number of nitrogens with one attached hydrogen (secondary N) is 1. The zero-order valence-electron chi connectivity index (χ0n) is 13.6. The number of hydrogen-bond acceptors (Lipinski definition) is 1. The van der Waals surface area contributed by atoms with Gasteiger partial charge < -0.3 is 5.32 Å². The Morgan fingerprint density at radius 1 is 0.870 bits per heavy atom. The molecule has 1 aliphatic carbocycles. The smallest absolute Gasteiger partial charge is 0.0108 e. The summed E-state index contributed by atoms with van der Waals surface area (Å²) in [5, 5.41) is 3.87. The fourth-order valence-electron chi connectivity index (χ4n) is 4.43. The molecule has 1 saturated heterocycles. The van der Waals surface area contributed by atoms with Crippen molar-refractivity contribution >= 4 is 12.4 Å². The van der Waals surface area contributed by atoms with Crippen LogP contribution in [0.3, 0.4) is 0 Å². The Labute approximate surface area is 145 Å². The molecule has 0 spiro atoms. The van der Waals surface area contributed by atoms with Crippen molar-refractivity contribution < 1.29 is 0 Å². The summed E-state index contributed by atoms with van der Waals surface area (Å²) in [7, 11) is 0. The largest absolute Gasteiger partial charge is 0.313 e. The first-order valence-corrected chi connectivity index (χ1v) is 8.75. The fourth-order valence-corrected chi connectivity index (χ4v) is 4.43. The molecular formula is C21H26ClN. The monoisotopic (exact) mass is 327 g/mol. The zero-order chi connectivity index (χ0) is 14.8. The van der Waals surface area contributed by atoms with E-state index in [0.717, 1.165) is 18.4 Å². The molecule has 122 valence electrons. The van der Waals surface area contributed by atoms with Crippen LogP contribution in [0.15, 0.2) is 54.6 Å². The molecule has 0 saturated carbocycles. The van der Waals surface area contributed by atoms with Gasteiger partial charge in [0, 0.05) is 12.6 Å². The van der Waals surface area contributed by atoms with Gasteiger partial charge in [-0.25, -0.2) is 0 Å². The highest BCUT2D eigenvalue weighted by Crippen LogP contribution is 2.40. The average molecular weight is 328 g/mol. The van der Waals surface area contributed by atoms with Gasteiger partial charge in [0.2, 0.25) is 0 Å². The predicted molar refractivity (Wildman–Crippen MR) is 99.4 cm³/mol. The summed E-state index contributed by atoms with van der Waals surface area (Å²) in [6, 6.07) is 20.7. The van der Waals surface area contributed by atoms with E-state index in [1.54, 1.807) is 11.1 Å². The van der Waals surface area contributed by atoms with Crippen LogP contribution in [-0.2, 0) is 12.8 Å². The maximum Gasteiger partial charge on any atom is 0.0108 e. The number of hydrogen-bond donors (Lipinski definition) is 1. The number of fused-ring (bicyclic) bond motifs is 3. The first-order chi connectivity index (χ1) is 10.9. The van der Waals surface area contributed by atoms with Crippen molar-refractivity contribution in [2.24, 2.45) is 5.92 Å². The van der Waals surface area contributed by atoms with E-state index in [1.165, 1.54) is 37.7 Å². The van der Waals surface area contributed by atoms with Crippen molar-refractivity contribution in [1.29, 1.82) is 0 Å². The van der Waals surface area contributed by atoms with Crippen LogP contribution in [0.1, 0.15) is 41.9 Å². The molecule has 3 unspecified atom stereocenters. The van der Waals surface area contributed by atoms with Crippen molar-refractivity contribution in [1.82, 2.24) is 5.32 Å². The normalized spacial score (nSPS) is 26.3. The number of halogens is 1. The van der Waals surface area contributed by atoms with Gasteiger partial charge in [0.15, 0.2) is 0 Å². The van der Waals surface area contributed by atoms with Crippen LogP contribution >= 0.6 is 12.4 Å². The fraction of sp³-hybridized carbons (Fsp3) is 0.429. The van der Waals surface area contributed by atoms with E-state index in [1.807, 2.05) is 0 Å². The van der Waals surface area contributed by atoms with Crippen molar-refractivity contribution in [3.8, 4) is 0 Å². The quantitative estimate of drug-likeness (QED) is 0.839. The third-order valence-electron chi connectivity index (χ3n) is 5.65. The van der Waals surface area contributed by atoms with E-state index in [9.17, 15) is 0 Å². The molecule has 0 radical (unpaired) electrons. The maximum atomic E-state index is 3.87. The second-order valence-corrected chi connectivity index (χ2v) is 6.98. The molecule has 1 fully saturated rings. The lowest BCUT2D eigenvalue weighted by Gasteiger charge is -2.32. The predicted octanol–water partition coefficient (Wildman–Crippen LogP) is 4.75. The third kappa shape index (κ3) is 3.62. The first-order valence-electron chi connectivity index (χ1n) is 8.75. The number of rotatable bonds is 2. The van der Waals surface area contributed by atoms with Gasteiger partial charge in [-0.2, -0.15) is 0 Å². The SMILES string of the molecule is Cl.c1ccc(CC2CCC3CCc4ccccc4C3CN2)cc1. The lowest BCUT2D eigenvalue weighted by molar-refractivity contribution is 0.363. The van der Waals surface area contributed by atoms with Gasteiger partial charge in [0.05, 0.1) is 0 Å². The van der Waals surface area contributed by atoms with Gasteiger partial charge in [-0.15, -0.1) is 12.4 Å². The molecule has 1 nitrogen and oxygen atoms in total. The molecule has 23 heavy (non-hydrogen) atoms. The minimum atomic E-state index is 0. The summed E-state index contributed by atoms with van der Waals surface area (Å²) in [6.45, 7) is 1.15. The van der Waals surface area contributed by atoms with E-state index in [-0.39, 0.29) is 12.4 Å². The number of benzene rings is 2.